The second-order valence-corrected chi connectivity index (χ2v) is 6.54. The number of pyridine rings is 1. The molecule has 3 heterocycles. The van der Waals surface area contributed by atoms with Crippen molar-refractivity contribution in [2.24, 2.45) is 0 Å². The van der Waals surface area contributed by atoms with Crippen molar-refractivity contribution in [2.75, 3.05) is 51.2 Å². The average Bonchev–Trinajstić information content (AvgIpc) is 2.86. The van der Waals surface area contributed by atoms with Crippen LogP contribution in [0.3, 0.4) is 0 Å². The zero-order valence-electron chi connectivity index (χ0n) is 14.0. The lowest BCUT2D eigenvalue weighted by atomic mass is 10.2. The summed E-state index contributed by atoms with van der Waals surface area (Å²) in [6.07, 6.45) is 6.77. The third-order valence-corrected chi connectivity index (χ3v) is 4.70. The third-order valence-electron chi connectivity index (χ3n) is 4.70. The summed E-state index contributed by atoms with van der Waals surface area (Å²) in [5.41, 5.74) is 3.61. The Labute approximate surface area is 138 Å². The summed E-state index contributed by atoms with van der Waals surface area (Å²) < 4.78 is 0. The van der Waals surface area contributed by atoms with E-state index in [-0.39, 0.29) is 5.91 Å². The van der Waals surface area contributed by atoms with Crippen LogP contribution in [-0.4, -0.2) is 67.1 Å². The molecule has 0 saturated carbocycles. The molecular weight excluding hydrogens is 290 g/mol. The molecule has 0 radical (unpaired) electrons. The number of piperazine rings is 1. The number of anilines is 1. The minimum absolute atomic E-state index is 0.0653. The van der Waals surface area contributed by atoms with Gasteiger partial charge in [-0.05, 0) is 32.0 Å². The first-order valence-corrected chi connectivity index (χ1v) is 8.68. The number of nitrogens with one attached hydrogen (secondary N) is 1. The van der Waals surface area contributed by atoms with E-state index in [1.807, 2.05) is 17.1 Å². The van der Waals surface area contributed by atoms with Crippen LogP contribution in [0.4, 0.5) is 5.82 Å². The van der Waals surface area contributed by atoms with Gasteiger partial charge in [-0.1, -0.05) is 12.8 Å². The Balaban J connectivity index is 1.56. The molecule has 0 aromatic carbocycles. The van der Waals surface area contributed by atoms with Gasteiger partial charge in [-0.3, -0.25) is 10.2 Å². The molecule has 0 atom stereocenters. The lowest BCUT2D eigenvalue weighted by Gasteiger charge is -2.32. The number of carbonyl (C=O) groups excluding carboxylic acids is 1. The molecule has 0 aliphatic carbocycles. The first-order chi connectivity index (χ1) is 11.2. The molecule has 1 N–H and O–H groups in total. The highest BCUT2D eigenvalue weighted by molar-refractivity contribution is 5.93. The summed E-state index contributed by atoms with van der Waals surface area (Å²) in [7, 11) is 2.10. The molecule has 2 aliphatic rings. The van der Waals surface area contributed by atoms with E-state index in [1.165, 1.54) is 25.7 Å². The van der Waals surface area contributed by atoms with E-state index in [1.54, 1.807) is 6.20 Å². The van der Waals surface area contributed by atoms with E-state index >= 15 is 0 Å². The van der Waals surface area contributed by atoms with Crippen molar-refractivity contribution in [1.82, 2.24) is 20.3 Å². The van der Waals surface area contributed by atoms with Crippen LogP contribution in [0.5, 0.6) is 0 Å². The van der Waals surface area contributed by atoms with Crippen LogP contribution in [-0.2, 0) is 0 Å². The first kappa shape index (κ1) is 16.2. The second kappa shape index (κ2) is 7.75. The lowest BCUT2D eigenvalue weighted by molar-refractivity contribution is 0.0662. The highest BCUT2D eigenvalue weighted by Crippen LogP contribution is 2.17. The number of nitrogens with zero attached hydrogens (tertiary/aromatic N) is 4. The van der Waals surface area contributed by atoms with Crippen LogP contribution in [0.1, 0.15) is 36.0 Å². The predicted octanol–water partition coefficient (Wildman–Crippen LogP) is 1.35. The fraction of sp³-hybridized carbons (Fsp3) is 0.647. The Morgan fingerprint density at radius 1 is 1.00 bits per heavy atom. The molecule has 2 fully saturated rings. The van der Waals surface area contributed by atoms with Crippen LogP contribution in [0.25, 0.3) is 0 Å². The van der Waals surface area contributed by atoms with Gasteiger partial charge in [0.25, 0.3) is 5.91 Å². The maximum absolute atomic E-state index is 12.3. The maximum Gasteiger partial charge on any atom is 0.267 e. The number of aromatic nitrogens is 1. The van der Waals surface area contributed by atoms with Crippen molar-refractivity contribution in [1.29, 1.82) is 0 Å². The zero-order valence-corrected chi connectivity index (χ0v) is 14.0. The lowest BCUT2D eigenvalue weighted by Crippen LogP contribution is -2.52. The quantitative estimate of drug-likeness (QED) is 0.912. The number of amides is 1. The zero-order chi connectivity index (χ0) is 16.1. The van der Waals surface area contributed by atoms with E-state index < -0.39 is 0 Å². The number of carbonyl (C=O) groups is 1. The van der Waals surface area contributed by atoms with E-state index in [0.29, 0.717) is 5.56 Å². The van der Waals surface area contributed by atoms with Gasteiger partial charge >= 0.3 is 0 Å². The minimum Gasteiger partial charge on any atom is -0.357 e. The minimum atomic E-state index is -0.0653. The van der Waals surface area contributed by atoms with Crippen LogP contribution < -0.4 is 10.3 Å². The van der Waals surface area contributed by atoms with Crippen LogP contribution in [0.2, 0.25) is 0 Å². The van der Waals surface area contributed by atoms with Crippen molar-refractivity contribution in [3.63, 3.8) is 0 Å². The molecule has 23 heavy (non-hydrogen) atoms. The highest BCUT2D eigenvalue weighted by Gasteiger charge is 2.17. The molecule has 1 aromatic heterocycles. The normalized spacial score (nSPS) is 21.0. The predicted molar refractivity (Wildman–Crippen MR) is 91.5 cm³/mol. The Kier molecular flexibility index (Phi) is 5.46. The van der Waals surface area contributed by atoms with Gasteiger partial charge in [-0.2, -0.15) is 0 Å². The molecule has 6 nitrogen and oxygen atoms in total. The van der Waals surface area contributed by atoms with Crippen molar-refractivity contribution in [3.05, 3.63) is 23.9 Å². The SMILES string of the molecule is CN1CCN(NC(=O)c2ccc(N3CCCCCC3)nc2)CC1. The molecule has 2 saturated heterocycles. The molecule has 6 heteroatoms. The Bertz CT molecular complexity index is 502. The second-order valence-electron chi connectivity index (χ2n) is 6.54. The van der Waals surface area contributed by atoms with E-state index in [4.69, 9.17) is 0 Å². The van der Waals surface area contributed by atoms with Gasteiger partial charge in [0.2, 0.25) is 0 Å². The highest BCUT2D eigenvalue weighted by atomic mass is 16.2. The summed E-state index contributed by atoms with van der Waals surface area (Å²) in [5, 5.41) is 1.99. The largest absolute Gasteiger partial charge is 0.357 e. The standard InChI is InChI=1S/C17H27N5O/c1-20-10-12-22(13-11-20)19-17(23)15-6-7-16(18-14-15)21-8-4-2-3-5-9-21/h6-7,14H,2-5,8-13H2,1H3,(H,19,23). The van der Waals surface area contributed by atoms with Gasteiger partial charge in [0.05, 0.1) is 5.56 Å². The Morgan fingerprint density at radius 3 is 2.30 bits per heavy atom. The molecule has 126 valence electrons. The van der Waals surface area contributed by atoms with Crippen LogP contribution in [0, 0.1) is 0 Å². The van der Waals surface area contributed by atoms with Gasteiger partial charge in [-0.15, -0.1) is 0 Å². The average molecular weight is 317 g/mol. The van der Waals surface area contributed by atoms with E-state index in [0.717, 1.165) is 45.1 Å². The molecular formula is C17H27N5O. The summed E-state index contributed by atoms with van der Waals surface area (Å²) in [6.45, 7) is 5.82. The molecule has 0 bridgehead atoms. The number of likely N-dealkylation sites (N-methyl/N-ethyl adjacent to an activating group) is 1. The molecule has 1 aromatic rings. The molecule has 0 spiro atoms. The Morgan fingerprint density at radius 2 is 1.70 bits per heavy atom. The summed E-state index contributed by atoms with van der Waals surface area (Å²) >= 11 is 0. The van der Waals surface area contributed by atoms with Crippen LogP contribution >= 0.6 is 0 Å². The molecule has 3 rings (SSSR count). The van der Waals surface area contributed by atoms with Gasteiger partial charge in [0, 0.05) is 45.5 Å². The third kappa shape index (κ3) is 4.42. The number of hydrogen-bond acceptors (Lipinski definition) is 5. The topological polar surface area (TPSA) is 51.7 Å². The van der Waals surface area contributed by atoms with Crippen molar-refractivity contribution >= 4 is 11.7 Å². The van der Waals surface area contributed by atoms with E-state index in [9.17, 15) is 4.79 Å². The fourth-order valence-corrected chi connectivity index (χ4v) is 3.13. The summed E-state index contributed by atoms with van der Waals surface area (Å²) in [6, 6.07) is 3.86. The monoisotopic (exact) mass is 317 g/mol. The van der Waals surface area contributed by atoms with Crippen molar-refractivity contribution in [2.45, 2.75) is 25.7 Å². The first-order valence-electron chi connectivity index (χ1n) is 8.68. The van der Waals surface area contributed by atoms with Crippen molar-refractivity contribution in [3.8, 4) is 0 Å². The number of hydrazine groups is 1. The van der Waals surface area contributed by atoms with Crippen molar-refractivity contribution < 1.29 is 4.79 Å². The number of hydrogen-bond donors (Lipinski definition) is 1. The van der Waals surface area contributed by atoms with E-state index in [2.05, 4.69) is 27.3 Å². The maximum atomic E-state index is 12.3. The van der Waals surface area contributed by atoms with Gasteiger partial charge in [0.15, 0.2) is 0 Å². The Hall–Kier alpha value is -1.66. The van der Waals surface area contributed by atoms with Gasteiger partial charge < -0.3 is 9.80 Å². The number of rotatable bonds is 3. The van der Waals surface area contributed by atoms with Crippen LogP contribution in [0.15, 0.2) is 18.3 Å². The molecule has 2 aliphatic heterocycles. The summed E-state index contributed by atoms with van der Waals surface area (Å²) in [5.74, 6) is 0.924. The molecule has 1 amide bonds. The fourth-order valence-electron chi connectivity index (χ4n) is 3.13. The molecule has 0 unspecified atom stereocenters. The smallest absolute Gasteiger partial charge is 0.267 e. The van der Waals surface area contributed by atoms with Gasteiger partial charge in [0.1, 0.15) is 5.82 Å². The van der Waals surface area contributed by atoms with Gasteiger partial charge in [-0.25, -0.2) is 9.99 Å². The summed E-state index contributed by atoms with van der Waals surface area (Å²) in [4.78, 5) is 21.4.